The van der Waals surface area contributed by atoms with Crippen LogP contribution in [0.4, 0.5) is 0 Å². The molecule has 0 aliphatic rings. The van der Waals surface area contributed by atoms with Gasteiger partial charge in [0, 0.05) is 12.6 Å². The molecule has 168 valence electrons. The first-order chi connectivity index (χ1) is 16.0. The zero-order valence-electron chi connectivity index (χ0n) is 18.0. The van der Waals surface area contributed by atoms with E-state index in [4.69, 9.17) is 13.9 Å². The van der Waals surface area contributed by atoms with E-state index in [1.807, 2.05) is 36.4 Å². The van der Waals surface area contributed by atoms with Crippen LogP contribution in [-0.2, 0) is 4.79 Å². The van der Waals surface area contributed by atoms with Crippen LogP contribution in [0, 0.1) is 6.92 Å². The molecule has 1 heterocycles. The van der Waals surface area contributed by atoms with Crippen LogP contribution in [0.15, 0.2) is 88.1 Å². The Labute approximate surface area is 190 Å². The van der Waals surface area contributed by atoms with Gasteiger partial charge in [-0.3, -0.25) is 9.59 Å². The van der Waals surface area contributed by atoms with Gasteiger partial charge in [-0.15, -0.1) is 0 Å². The number of carbonyl (C=O) groups excluding carboxylic acids is 1. The minimum atomic E-state index is -0.805. The maximum absolute atomic E-state index is 12.9. The third-order valence-corrected chi connectivity index (χ3v) is 5.00. The summed E-state index contributed by atoms with van der Waals surface area (Å²) in [7, 11) is 0. The molecular formula is C26H23NO6. The minimum Gasteiger partial charge on any atom is -0.484 e. The highest BCUT2D eigenvalue weighted by Gasteiger charge is 2.15. The van der Waals surface area contributed by atoms with Crippen LogP contribution < -0.4 is 20.2 Å². The standard InChI is InChI=1S/C26H23NO6/c1-17-26(33-19-10-6-3-7-11-19)25(30)21-13-12-20(14-23(21)32-17)31-16-24(29)27-15-22(28)18-8-4-2-5-9-18/h2-14,22,28H,15-16H2,1H3,(H,27,29)/t22-/m1/s1. The number of carbonyl (C=O) groups is 1. The molecule has 1 atom stereocenters. The molecule has 0 fully saturated rings. The number of ether oxygens (including phenoxy) is 2. The normalized spacial score (nSPS) is 11.7. The molecule has 0 saturated heterocycles. The molecular weight excluding hydrogens is 422 g/mol. The van der Waals surface area contributed by atoms with Crippen LogP contribution in [-0.4, -0.2) is 24.2 Å². The average Bonchev–Trinajstić information content (AvgIpc) is 2.84. The van der Waals surface area contributed by atoms with Gasteiger partial charge in [-0.25, -0.2) is 0 Å². The molecule has 4 aromatic rings. The van der Waals surface area contributed by atoms with Crippen molar-refractivity contribution in [3.8, 4) is 17.2 Å². The van der Waals surface area contributed by atoms with Gasteiger partial charge in [0.2, 0.25) is 11.2 Å². The number of nitrogens with one attached hydrogen (secondary N) is 1. The highest BCUT2D eigenvalue weighted by Crippen LogP contribution is 2.27. The van der Waals surface area contributed by atoms with Crippen molar-refractivity contribution >= 4 is 16.9 Å². The maximum Gasteiger partial charge on any atom is 0.258 e. The lowest BCUT2D eigenvalue weighted by atomic mass is 10.1. The molecule has 0 spiro atoms. The third kappa shape index (κ3) is 5.39. The Bertz CT molecular complexity index is 1300. The predicted octanol–water partition coefficient (Wildman–Crippen LogP) is 4.12. The van der Waals surface area contributed by atoms with Crippen molar-refractivity contribution in [3.63, 3.8) is 0 Å². The maximum atomic E-state index is 12.9. The Morgan fingerprint density at radius 1 is 1.00 bits per heavy atom. The van der Waals surface area contributed by atoms with Gasteiger partial charge in [0.15, 0.2) is 6.61 Å². The summed E-state index contributed by atoms with van der Waals surface area (Å²) in [6.45, 7) is 1.48. The van der Waals surface area contributed by atoms with Crippen molar-refractivity contribution in [2.24, 2.45) is 0 Å². The zero-order chi connectivity index (χ0) is 23.2. The summed E-state index contributed by atoms with van der Waals surface area (Å²) in [4.78, 5) is 25.0. The second kappa shape index (κ2) is 10.0. The third-order valence-electron chi connectivity index (χ3n) is 5.00. The molecule has 7 nitrogen and oxygen atoms in total. The van der Waals surface area contributed by atoms with Gasteiger partial charge >= 0.3 is 0 Å². The average molecular weight is 445 g/mol. The van der Waals surface area contributed by atoms with Gasteiger partial charge < -0.3 is 24.3 Å². The van der Waals surface area contributed by atoms with Crippen LogP contribution in [0.5, 0.6) is 17.2 Å². The Kier molecular flexibility index (Phi) is 6.71. The number of benzene rings is 3. The van der Waals surface area contributed by atoms with Gasteiger partial charge in [-0.2, -0.15) is 0 Å². The summed E-state index contributed by atoms with van der Waals surface area (Å²) in [5.41, 5.74) is 0.751. The van der Waals surface area contributed by atoms with Crippen molar-refractivity contribution in [1.82, 2.24) is 5.32 Å². The lowest BCUT2D eigenvalue weighted by molar-refractivity contribution is -0.123. The monoisotopic (exact) mass is 445 g/mol. The van der Waals surface area contributed by atoms with E-state index in [0.717, 1.165) is 0 Å². The molecule has 3 aromatic carbocycles. The van der Waals surface area contributed by atoms with E-state index in [-0.39, 0.29) is 30.2 Å². The molecule has 1 aromatic heterocycles. The van der Waals surface area contributed by atoms with Crippen molar-refractivity contribution in [2.45, 2.75) is 13.0 Å². The van der Waals surface area contributed by atoms with Gasteiger partial charge in [0.25, 0.3) is 5.91 Å². The topological polar surface area (TPSA) is 98.0 Å². The fourth-order valence-electron chi connectivity index (χ4n) is 3.29. The number of fused-ring (bicyclic) bond motifs is 1. The second-order valence-electron chi connectivity index (χ2n) is 7.41. The molecule has 0 unspecified atom stereocenters. The first-order valence-electron chi connectivity index (χ1n) is 10.4. The van der Waals surface area contributed by atoms with E-state index in [2.05, 4.69) is 5.32 Å². The van der Waals surface area contributed by atoms with Crippen LogP contribution >= 0.6 is 0 Å². The molecule has 2 N–H and O–H groups in total. The summed E-state index contributed by atoms with van der Waals surface area (Å²) in [5, 5.41) is 13.1. The molecule has 0 saturated carbocycles. The zero-order valence-corrected chi connectivity index (χ0v) is 18.0. The van der Waals surface area contributed by atoms with Crippen molar-refractivity contribution in [2.75, 3.05) is 13.2 Å². The second-order valence-corrected chi connectivity index (χ2v) is 7.41. The van der Waals surface area contributed by atoms with Gasteiger partial charge in [-0.1, -0.05) is 48.5 Å². The number of aliphatic hydroxyl groups excluding tert-OH is 1. The molecule has 7 heteroatoms. The Hall–Kier alpha value is -4.10. The molecule has 33 heavy (non-hydrogen) atoms. The lowest BCUT2D eigenvalue weighted by Crippen LogP contribution is -2.32. The first-order valence-corrected chi connectivity index (χ1v) is 10.4. The van der Waals surface area contributed by atoms with Crippen molar-refractivity contribution in [1.29, 1.82) is 0 Å². The number of aliphatic hydroxyl groups is 1. The first kappa shape index (κ1) is 22.1. The Morgan fingerprint density at radius 2 is 1.70 bits per heavy atom. The van der Waals surface area contributed by atoms with E-state index in [1.165, 1.54) is 0 Å². The molecule has 0 radical (unpaired) electrons. The summed E-state index contributed by atoms with van der Waals surface area (Å²) in [6.07, 6.45) is -0.805. The molecule has 0 aliphatic heterocycles. The van der Waals surface area contributed by atoms with Gasteiger partial charge in [-0.05, 0) is 36.8 Å². The van der Waals surface area contributed by atoms with Crippen LogP contribution in [0.25, 0.3) is 11.0 Å². The SMILES string of the molecule is Cc1oc2cc(OCC(=O)NC[C@@H](O)c3ccccc3)ccc2c(=O)c1Oc1ccccc1. The van der Waals surface area contributed by atoms with Crippen molar-refractivity contribution in [3.05, 3.63) is 100 Å². The smallest absolute Gasteiger partial charge is 0.258 e. The quantitative estimate of drug-likeness (QED) is 0.423. The highest BCUT2D eigenvalue weighted by molar-refractivity contribution is 5.80. The highest BCUT2D eigenvalue weighted by atomic mass is 16.5. The fourth-order valence-corrected chi connectivity index (χ4v) is 3.29. The molecule has 1 amide bonds. The molecule has 0 aliphatic carbocycles. The van der Waals surface area contributed by atoms with Crippen LogP contribution in [0.3, 0.4) is 0 Å². The molecule has 4 rings (SSSR count). The summed E-state index contributed by atoms with van der Waals surface area (Å²) < 4.78 is 17.0. The number of hydrogen-bond acceptors (Lipinski definition) is 6. The number of para-hydroxylation sites is 1. The molecule has 0 bridgehead atoms. The van der Waals surface area contributed by atoms with E-state index in [1.54, 1.807) is 49.4 Å². The summed E-state index contributed by atoms with van der Waals surface area (Å²) >= 11 is 0. The number of hydrogen-bond donors (Lipinski definition) is 2. The summed E-state index contributed by atoms with van der Waals surface area (Å²) in [5.74, 6) is 0.991. The predicted molar refractivity (Wildman–Crippen MR) is 124 cm³/mol. The van der Waals surface area contributed by atoms with Crippen LogP contribution in [0.2, 0.25) is 0 Å². The Morgan fingerprint density at radius 3 is 2.42 bits per heavy atom. The summed E-state index contributed by atoms with van der Waals surface area (Å²) in [6, 6.07) is 22.8. The largest absolute Gasteiger partial charge is 0.484 e. The van der Waals surface area contributed by atoms with Gasteiger partial charge in [0.1, 0.15) is 22.8 Å². The number of aryl methyl sites for hydroxylation is 1. The van der Waals surface area contributed by atoms with Gasteiger partial charge in [0.05, 0.1) is 11.5 Å². The van der Waals surface area contributed by atoms with Crippen molar-refractivity contribution < 1.29 is 23.8 Å². The van der Waals surface area contributed by atoms with E-state index < -0.39 is 6.10 Å². The fraction of sp³-hybridized carbons (Fsp3) is 0.154. The van der Waals surface area contributed by atoms with E-state index >= 15 is 0 Å². The minimum absolute atomic E-state index is 0.0716. The number of rotatable bonds is 8. The van der Waals surface area contributed by atoms with E-state index in [9.17, 15) is 14.7 Å². The lowest BCUT2D eigenvalue weighted by Gasteiger charge is -2.13. The Balaban J connectivity index is 1.40. The van der Waals surface area contributed by atoms with E-state index in [0.29, 0.717) is 33.8 Å². The van der Waals surface area contributed by atoms with Crippen LogP contribution in [0.1, 0.15) is 17.4 Å². The number of amides is 1.